The molecule has 2 rings (SSSR count). The van der Waals surface area contributed by atoms with Gasteiger partial charge in [-0.25, -0.2) is 4.39 Å². The first kappa shape index (κ1) is 8.97. The number of benzene rings is 1. The minimum absolute atomic E-state index is 0.274. The van der Waals surface area contributed by atoms with Crippen molar-refractivity contribution >= 4 is 37.4 Å². The van der Waals surface area contributed by atoms with Crippen LogP contribution in [0.1, 0.15) is 0 Å². The molecule has 0 saturated heterocycles. The highest BCUT2D eigenvalue weighted by molar-refractivity contribution is 9.10. The molecule has 0 saturated carbocycles. The molecule has 0 aliphatic rings. The molecule has 1 aromatic heterocycles. The maximum absolute atomic E-state index is 13.5. The Morgan fingerprint density at radius 3 is 2.85 bits per heavy atom. The maximum Gasteiger partial charge on any atom is 0.211 e. The lowest BCUT2D eigenvalue weighted by molar-refractivity contribution is 0.402. The monoisotopic (exact) mass is 260 g/mol. The van der Waals surface area contributed by atoms with Crippen LogP contribution in [-0.2, 0) is 0 Å². The third-order valence-electron chi connectivity index (χ3n) is 1.76. The van der Waals surface area contributed by atoms with Crippen molar-refractivity contribution in [1.29, 1.82) is 0 Å². The molecule has 1 aromatic carbocycles. The van der Waals surface area contributed by atoms with E-state index in [1.165, 1.54) is 18.4 Å². The van der Waals surface area contributed by atoms with Gasteiger partial charge < -0.3 is 4.74 Å². The highest BCUT2D eigenvalue weighted by Crippen LogP contribution is 2.39. The summed E-state index contributed by atoms with van der Waals surface area (Å²) in [5.74, 6) is -0.274. The standard InChI is InChI=1S/C9H6BrFOS/c1-12-9-7(11)5-3-2-4-6(10)8(5)13-9/h2-4H,1H3. The second kappa shape index (κ2) is 3.27. The lowest BCUT2D eigenvalue weighted by Crippen LogP contribution is -1.79. The molecule has 0 radical (unpaired) electrons. The van der Waals surface area contributed by atoms with Gasteiger partial charge in [-0.05, 0) is 22.0 Å². The smallest absolute Gasteiger partial charge is 0.211 e. The minimum atomic E-state index is -0.274. The third-order valence-corrected chi connectivity index (χ3v) is 3.86. The van der Waals surface area contributed by atoms with Crippen molar-refractivity contribution in [2.24, 2.45) is 0 Å². The molecule has 0 unspecified atom stereocenters. The number of hydrogen-bond acceptors (Lipinski definition) is 2. The molecule has 0 bridgehead atoms. The molecule has 0 aliphatic heterocycles. The van der Waals surface area contributed by atoms with Crippen LogP contribution in [0.25, 0.3) is 10.1 Å². The SMILES string of the molecule is COc1sc2c(Br)cccc2c1F. The van der Waals surface area contributed by atoms with Crippen LogP contribution in [0, 0.1) is 5.82 Å². The molecule has 68 valence electrons. The van der Waals surface area contributed by atoms with Crippen molar-refractivity contribution < 1.29 is 9.13 Å². The van der Waals surface area contributed by atoms with Crippen molar-refractivity contribution in [3.63, 3.8) is 0 Å². The van der Waals surface area contributed by atoms with Crippen LogP contribution in [-0.4, -0.2) is 7.11 Å². The maximum atomic E-state index is 13.5. The highest BCUT2D eigenvalue weighted by Gasteiger charge is 2.13. The van der Waals surface area contributed by atoms with E-state index in [1.807, 2.05) is 12.1 Å². The van der Waals surface area contributed by atoms with Gasteiger partial charge >= 0.3 is 0 Å². The van der Waals surface area contributed by atoms with Gasteiger partial charge in [0, 0.05) is 9.86 Å². The van der Waals surface area contributed by atoms with Gasteiger partial charge in [-0.15, -0.1) is 0 Å². The van der Waals surface area contributed by atoms with Crippen LogP contribution >= 0.6 is 27.3 Å². The molecule has 0 N–H and O–H groups in total. The Bertz CT molecular complexity index is 452. The molecule has 1 heterocycles. The number of ether oxygens (including phenoxy) is 1. The predicted molar refractivity (Wildman–Crippen MR) is 56.0 cm³/mol. The minimum Gasteiger partial charge on any atom is -0.485 e. The van der Waals surface area contributed by atoms with Gasteiger partial charge in [0.1, 0.15) is 0 Å². The Hall–Kier alpha value is -0.610. The summed E-state index contributed by atoms with van der Waals surface area (Å²) in [5.41, 5.74) is 0. The van der Waals surface area contributed by atoms with E-state index in [4.69, 9.17) is 4.74 Å². The number of rotatable bonds is 1. The van der Waals surface area contributed by atoms with Gasteiger partial charge in [0.15, 0.2) is 5.82 Å². The Labute approximate surface area is 87.3 Å². The lowest BCUT2D eigenvalue weighted by Gasteiger charge is -1.91. The highest BCUT2D eigenvalue weighted by atomic mass is 79.9. The van der Waals surface area contributed by atoms with Crippen LogP contribution < -0.4 is 4.74 Å². The quantitative estimate of drug-likeness (QED) is 0.758. The van der Waals surface area contributed by atoms with Crippen LogP contribution in [0.3, 0.4) is 0 Å². The fourth-order valence-electron chi connectivity index (χ4n) is 1.16. The fraction of sp³-hybridized carbons (Fsp3) is 0.111. The van der Waals surface area contributed by atoms with Crippen LogP contribution in [0.15, 0.2) is 22.7 Å². The molecule has 1 nitrogen and oxygen atoms in total. The lowest BCUT2D eigenvalue weighted by atomic mass is 10.2. The molecular formula is C9H6BrFOS. The van der Waals surface area contributed by atoms with E-state index >= 15 is 0 Å². The molecule has 4 heteroatoms. The molecule has 2 aromatic rings. The summed E-state index contributed by atoms with van der Waals surface area (Å²) < 4.78 is 20.2. The number of methoxy groups -OCH3 is 1. The van der Waals surface area contributed by atoms with Crippen molar-refractivity contribution in [1.82, 2.24) is 0 Å². The average molecular weight is 261 g/mol. The molecule has 13 heavy (non-hydrogen) atoms. The second-order valence-electron chi connectivity index (χ2n) is 2.52. The molecule has 0 aliphatic carbocycles. The van der Waals surface area contributed by atoms with Gasteiger partial charge in [0.05, 0.1) is 11.8 Å². The predicted octanol–water partition coefficient (Wildman–Crippen LogP) is 3.81. The Morgan fingerprint density at radius 1 is 1.46 bits per heavy atom. The van der Waals surface area contributed by atoms with Gasteiger partial charge in [-0.1, -0.05) is 23.5 Å². The number of fused-ring (bicyclic) bond motifs is 1. The molecule has 0 spiro atoms. The first-order valence-electron chi connectivity index (χ1n) is 3.64. The molecule has 0 fully saturated rings. The van der Waals surface area contributed by atoms with E-state index in [9.17, 15) is 4.39 Å². The number of halogens is 2. The summed E-state index contributed by atoms with van der Waals surface area (Å²) in [7, 11) is 1.47. The van der Waals surface area contributed by atoms with Gasteiger partial charge in [0.2, 0.25) is 5.06 Å². The van der Waals surface area contributed by atoms with Crippen molar-refractivity contribution in [2.45, 2.75) is 0 Å². The van der Waals surface area contributed by atoms with Crippen LogP contribution in [0.5, 0.6) is 5.06 Å². The summed E-state index contributed by atoms with van der Waals surface area (Å²) in [6.45, 7) is 0. The fourth-order valence-corrected chi connectivity index (χ4v) is 2.67. The van der Waals surface area contributed by atoms with Gasteiger partial charge in [0.25, 0.3) is 0 Å². The summed E-state index contributed by atoms with van der Waals surface area (Å²) in [6, 6.07) is 5.44. The van der Waals surface area contributed by atoms with Crippen molar-refractivity contribution in [2.75, 3.05) is 7.11 Å². The zero-order valence-electron chi connectivity index (χ0n) is 6.80. The second-order valence-corrected chi connectivity index (χ2v) is 4.36. The summed E-state index contributed by atoms with van der Waals surface area (Å²) >= 11 is 4.67. The zero-order valence-corrected chi connectivity index (χ0v) is 9.21. The van der Waals surface area contributed by atoms with E-state index in [2.05, 4.69) is 15.9 Å². The van der Waals surface area contributed by atoms with E-state index < -0.39 is 0 Å². The van der Waals surface area contributed by atoms with Crippen LogP contribution in [0.2, 0.25) is 0 Å². The number of thiophene rings is 1. The Morgan fingerprint density at radius 2 is 2.23 bits per heavy atom. The Balaban J connectivity index is 2.83. The summed E-state index contributed by atoms with van der Waals surface area (Å²) in [5, 5.41) is 0.943. The van der Waals surface area contributed by atoms with E-state index in [1.54, 1.807) is 6.07 Å². The average Bonchev–Trinajstić information content (AvgIpc) is 2.45. The van der Waals surface area contributed by atoms with Crippen molar-refractivity contribution in [3.8, 4) is 5.06 Å². The third kappa shape index (κ3) is 1.34. The first-order chi connectivity index (χ1) is 6.24. The first-order valence-corrected chi connectivity index (χ1v) is 5.25. The largest absolute Gasteiger partial charge is 0.485 e. The topological polar surface area (TPSA) is 9.23 Å². The van der Waals surface area contributed by atoms with Gasteiger partial charge in [-0.3, -0.25) is 0 Å². The zero-order chi connectivity index (χ0) is 9.42. The van der Waals surface area contributed by atoms with Crippen molar-refractivity contribution in [3.05, 3.63) is 28.5 Å². The summed E-state index contributed by atoms with van der Waals surface area (Å²) in [4.78, 5) is 0. The number of hydrogen-bond donors (Lipinski definition) is 0. The summed E-state index contributed by atoms with van der Waals surface area (Å²) in [6.07, 6.45) is 0. The molecule has 0 amide bonds. The van der Waals surface area contributed by atoms with Gasteiger partial charge in [-0.2, -0.15) is 0 Å². The van der Waals surface area contributed by atoms with E-state index in [0.29, 0.717) is 10.4 Å². The normalized spacial score (nSPS) is 10.7. The Kier molecular flexibility index (Phi) is 2.26. The van der Waals surface area contributed by atoms with Crippen LogP contribution in [0.4, 0.5) is 4.39 Å². The molecular weight excluding hydrogens is 255 g/mol. The van der Waals surface area contributed by atoms with E-state index in [0.717, 1.165) is 9.17 Å². The van der Waals surface area contributed by atoms with E-state index in [-0.39, 0.29) is 5.82 Å². The molecule has 0 atom stereocenters.